The first kappa shape index (κ1) is 15.0. The Hall–Kier alpha value is -2.43. The topological polar surface area (TPSA) is 68.3 Å². The lowest BCUT2D eigenvalue weighted by Gasteiger charge is -2.20. The number of hydrogen-bond acceptors (Lipinski definition) is 4. The average molecular weight is 286 g/mol. The first-order valence-electron chi connectivity index (χ1n) is 6.69. The number of esters is 1. The van der Waals surface area contributed by atoms with E-state index in [1.165, 1.54) is 0 Å². The summed E-state index contributed by atoms with van der Waals surface area (Å²) in [4.78, 5) is 27.7. The van der Waals surface area contributed by atoms with Crippen molar-refractivity contribution in [3.8, 4) is 0 Å². The minimum Gasteiger partial charge on any atom is -0.451 e. The molecule has 5 nitrogen and oxygen atoms in total. The molecule has 1 aromatic carbocycles. The van der Waals surface area contributed by atoms with Crippen molar-refractivity contribution < 1.29 is 14.3 Å². The lowest BCUT2D eigenvalue weighted by molar-refractivity contribution is -0.125. The molecule has 2 rings (SSSR count). The smallest absolute Gasteiger partial charge is 0.357 e. The number of carbonyl (C=O) groups excluding carboxylic acids is 2. The van der Waals surface area contributed by atoms with Crippen molar-refractivity contribution in [3.63, 3.8) is 0 Å². The molecule has 1 amide bonds. The van der Waals surface area contributed by atoms with Crippen molar-refractivity contribution in [1.29, 1.82) is 0 Å². The zero-order valence-electron chi connectivity index (χ0n) is 12.3. The molecule has 0 spiro atoms. The van der Waals surface area contributed by atoms with Gasteiger partial charge in [0.1, 0.15) is 5.69 Å². The molecule has 21 heavy (non-hydrogen) atoms. The number of nitrogens with zero attached hydrogens (tertiary/aromatic N) is 1. The number of pyridine rings is 1. The number of benzene rings is 1. The third kappa shape index (κ3) is 4.27. The van der Waals surface area contributed by atoms with Crippen LogP contribution in [0.15, 0.2) is 36.4 Å². The predicted octanol–water partition coefficient (Wildman–Crippen LogP) is 2.31. The highest BCUT2D eigenvalue weighted by Crippen LogP contribution is 2.12. The van der Waals surface area contributed by atoms with E-state index in [0.29, 0.717) is 5.52 Å². The van der Waals surface area contributed by atoms with Crippen molar-refractivity contribution in [2.75, 3.05) is 6.61 Å². The fourth-order valence-corrected chi connectivity index (χ4v) is 1.84. The first-order valence-corrected chi connectivity index (χ1v) is 6.69. The maximum absolute atomic E-state index is 11.9. The number of rotatable bonds is 3. The molecule has 0 radical (unpaired) electrons. The van der Waals surface area contributed by atoms with Crippen LogP contribution in [-0.4, -0.2) is 29.0 Å². The molecule has 0 bridgehead atoms. The van der Waals surface area contributed by atoms with Crippen LogP contribution in [0.4, 0.5) is 0 Å². The van der Waals surface area contributed by atoms with E-state index in [1.807, 2.05) is 45.0 Å². The SMILES string of the molecule is CC(C)(C)NC(=O)COC(=O)c1ccc2ccccc2n1. The monoisotopic (exact) mass is 286 g/mol. The van der Waals surface area contributed by atoms with E-state index in [9.17, 15) is 9.59 Å². The number of hydrogen-bond donors (Lipinski definition) is 1. The highest BCUT2D eigenvalue weighted by molar-refractivity contribution is 5.92. The molecule has 0 fully saturated rings. The number of aromatic nitrogens is 1. The Morgan fingerprint density at radius 3 is 2.57 bits per heavy atom. The second kappa shape index (κ2) is 5.91. The van der Waals surface area contributed by atoms with Crippen molar-refractivity contribution in [3.05, 3.63) is 42.1 Å². The van der Waals surface area contributed by atoms with Gasteiger partial charge in [0.25, 0.3) is 5.91 Å². The van der Waals surface area contributed by atoms with Gasteiger partial charge >= 0.3 is 5.97 Å². The van der Waals surface area contributed by atoms with Gasteiger partial charge in [-0.25, -0.2) is 9.78 Å². The van der Waals surface area contributed by atoms with E-state index < -0.39 is 5.97 Å². The highest BCUT2D eigenvalue weighted by atomic mass is 16.5. The molecule has 0 saturated heterocycles. The summed E-state index contributed by atoms with van der Waals surface area (Å²) in [6.07, 6.45) is 0. The molecule has 0 unspecified atom stereocenters. The van der Waals surface area contributed by atoms with E-state index in [2.05, 4.69) is 10.3 Å². The number of fused-ring (bicyclic) bond motifs is 1. The summed E-state index contributed by atoms with van der Waals surface area (Å²) in [5.41, 5.74) is 0.549. The molecular weight excluding hydrogens is 268 g/mol. The molecule has 0 atom stereocenters. The summed E-state index contributed by atoms with van der Waals surface area (Å²) < 4.78 is 4.97. The molecule has 0 aliphatic carbocycles. The standard InChI is InChI=1S/C16H18N2O3/c1-16(2,3)18-14(19)10-21-15(20)13-9-8-11-6-4-5-7-12(11)17-13/h4-9H,10H2,1-3H3,(H,18,19). The molecule has 1 N–H and O–H groups in total. The normalized spacial score (nSPS) is 11.2. The number of carbonyl (C=O) groups is 2. The van der Waals surface area contributed by atoms with E-state index in [1.54, 1.807) is 12.1 Å². The highest BCUT2D eigenvalue weighted by Gasteiger charge is 2.16. The van der Waals surface area contributed by atoms with Gasteiger partial charge in [0.05, 0.1) is 5.52 Å². The minimum absolute atomic E-state index is 0.192. The molecular formula is C16H18N2O3. The summed E-state index contributed by atoms with van der Waals surface area (Å²) in [5.74, 6) is -0.943. The van der Waals surface area contributed by atoms with Gasteiger partial charge in [-0.1, -0.05) is 24.3 Å². The van der Waals surface area contributed by atoms with Crippen LogP contribution in [0.1, 0.15) is 31.3 Å². The van der Waals surface area contributed by atoms with E-state index in [-0.39, 0.29) is 23.7 Å². The van der Waals surface area contributed by atoms with Crippen LogP contribution in [-0.2, 0) is 9.53 Å². The number of amides is 1. The molecule has 110 valence electrons. The fourth-order valence-electron chi connectivity index (χ4n) is 1.84. The summed E-state index contributed by atoms with van der Waals surface area (Å²) in [5, 5.41) is 3.66. The lowest BCUT2D eigenvalue weighted by atomic mass is 10.1. The fraction of sp³-hybridized carbons (Fsp3) is 0.312. The third-order valence-electron chi connectivity index (χ3n) is 2.66. The van der Waals surface area contributed by atoms with E-state index >= 15 is 0 Å². The molecule has 5 heteroatoms. The predicted molar refractivity (Wildman–Crippen MR) is 79.9 cm³/mol. The molecule has 2 aromatic rings. The van der Waals surface area contributed by atoms with Gasteiger partial charge in [0.15, 0.2) is 6.61 Å². The maximum atomic E-state index is 11.9. The molecule has 0 saturated carbocycles. The van der Waals surface area contributed by atoms with E-state index in [0.717, 1.165) is 5.39 Å². The average Bonchev–Trinajstić information content (AvgIpc) is 2.42. The summed E-state index contributed by atoms with van der Waals surface area (Å²) in [6.45, 7) is 5.26. The van der Waals surface area contributed by atoms with E-state index in [4.69, 9.17) is 4.74 Å². The lowest BCUT2D eigenvalue weighted by Crippen LogP contribution is -2.42. The summed E-state index contributed by atoms with van der Waals surface area (Å²) >= 11 is 0. The molecule has 1 aromatic heterocycles. The largest absolute Gasteiger partial charge is 0.451 e. The van der Waals surface area contributed by atoms with Crippen molar-refractivity contribution >= 4 is 22.8 Å². The number of para-hydroxylation sites is 1. The van der Waals surface area contributed by atoms with Crippen LogP contribution in [0.3, 0.4) is 0 Å². The van der Waals surface area contributed by atoms with Gasteiger partial charge in [0.2, 0.25) is 0 Å². The zero-order chi connectivity index (χ0) is 15.5. The quantitative estimate of drug-likeness (QED) is 0.879. The van der Waals surface area contributed by atoms with Crippen LogP contribution < -0.4 is 5.32 Å². The van der Waals surface area contributed by atoms with Gasteiger partial charge in [-0.15, -0.1) is 0 Å². The van der Waals surface area contributed by atoms with Crippen molar-refractivity contribution in [2.24, 2.45) is 0 Å². The Balaban J connectivity index is 2.00. The third-order valence-corrected chi connectivity index (χ3v) is 2.66. The summed E-state index contributed by atoms with van der Waals surface area (Å²) in [6, 6.07) is 10.9. The minimum atomic E-state index is -0.607. The van der Waals surface area contributed by atoms with Gasteiger partial charge in [0, 0.05) is 10.9 Å². The summed E-state index contributed by atoms with van der Waals surface area (Å²) in [7, 11) is 0. The van der Waals surface area contributed by atoms with Gasteiger partial charge in [-0.2, -0.15) is 0 Å². The van der Waals surface area contributed by atoms with Crippen LogP contribution in [0.2, 0.25) is 0 Å². The van der Waals surface area contributed by atoms with Crippen LogP contribution in [0, 0.1) is 0 Å². The zero-order valence-corrected chi connectivity index (χ0v) is 12.3. The maximum Gasteiger partial charge on any atom is 0.357 e. The second-order valence-electron chi connectivity index (χ2n) is 5.76. The number of ether oxygens (including phenoxy) is 1. The van der Waals surface area contributed by atoms with Crippen molar-refractivity contribution in [1.82, 2.24) is 10.3 Å². The van der Waals surface area contributed by atoms with Gasteiger partial charge in [-0.05, 0) is 32.9 Å². The second-order valence-corrected chi connectivity index (χ2v) is 5.76. The van der Waals surface area contributed by atoms with Gasteiger partial charge in [-0.3, -0.25) is 4.79 Å². The Morgan fingerprint density at radius 2 is 1.86 bits per heavy atom. The number of nitrogens with one attached hydrogen (secondary N) is 1. The van der Waals surface area contributed by atoms with Crippen LogP contribution >= 0.6 is 0 Å². The van der Waals surface area contributed by atoms with Crippen LogP contribution in [0.5, 0.6) is 0 Å². The Labute approximate surface area is 123 Å². The Kier molecular flexibility index (Phi) is 4.21. The Morgan fingerprint density at radius 1 is 1.14 bits per heavy atom. The Bertz CT molecular complexity index is 675. The molecule has 0 aliphatic rings. The van der Waals surface area contributed by atoms with Crippen molar-refractivity contribution in [2.45, 2.75) is 26.3 Å². The van der Waals surface area contributed by atoms with Gasteiger partial charge < -0.3 is 10.1 Å². The molecule has 0 aliphatic heterocycles. The first-order chi connectivity index (χ1) is 9.85. The molecule has 1 heterocycles. The van der Waals surface area contributed by atoms with Crippen LogP contribution in [0.25, 0.3) is 10.9 Å².